The van der Waals surface area contributed by atoms with Crippen LogP contribution >= 0.6 is 0 Å². The van der Waals surface area contributed by atoms with Gasteiger partial charge in [-0.25, -0.2) is 0 Å². The Labute approximate surface area is 183 Å². The van der Waals surface area contributed by atoms with Crippen molar-refractivity contribution in [3.63, 3.8) is 0 Å². The van der Waals surface area contributed by atoms with Crippen LogP contribution < -0.4 is 4.74 Å². The molecule has 0 spiro atoms. The summed E-state index contributed by atoms with van der Waals surface area (Å²) in [5, 5.41) is 50.7. The van der Waals surface area contributed by atoms with Crippen LogP contribution in [0, 0.1) is 0 Å². The third kappa shape index (κ3) is 5.43. The van der Waals surface area contributed by atoms with Gasteiger partial charge in [-0.15, -0.1) is 0 Å². The maximum absolute atomic E-state index is 11.0. The van der Waals surface area contributed by atoms with Gasteiger partial charge in [0.1, 0.15) is 11.9 Å². The number of hydrogen-bond donors (Lipinski definition) is 5. The highest BCUT2D eigenvalue weighted by atomic mass is 16.6. The van der Waals surface area contributed by atoms with Crippen molar-refractivity contribution in [2.24, 2.45) is 0 Å². The van der Waals surface area contributed by atoms with Gasteiger partial charge in [-0.3, -0.25) is 0 Å². The molecule has 31 heavy (non-hydrogen) atoms. The highest BCUT2D eigenvalue weighted by molar-refractivity contribution is 5.53. The lowest BCUT2D eigenvalue weighted by Gasteiger charge is -2.38. The Kier molecular flexibility index (Phi) is 7.68. The molecule has 2 aromatic carbocycles. The minimum Gasteiger partial charge on any atom is -0.504 e. The molecule has 6 nitrogen and oxygen atoms in total. The summed E-state index contributed by atoms with van der Waals surface area (Å²) in [4.78, 5) is 0. The van der Waals surface area contributed by atoms with E-state index in [0.29, 0.717) is 5.75 Å². The predicted octanol–water partition coefficient (Wildman–Crippen LogP) is 4.63. The molecule has 0 amide bonds. The molecule has 5 N–H and O–H groups in total. The second kappa shape index (κ2) is 10.2. The van der Waals surface area contributed by atoms with Crippen LogP contribution in [0.4, 0.5) is 0 Å². The van der Waals surface area contributed by atoms with Crippen molar-refractivity contribution in [3.8, 4) is 23.0 Å². The molecule has 1 aliphatic rings. The van der Waals surface area contributed by atoms with Crippen LogP contribution in [0.1, 0.15) is 75.0 Å². The lowest BCUT2D eigenvalue weighted by atomic mass is 9.90. The van der Waals surface area contributed by atoms with Crippen LogP contribution in [0.3, 0.4) is 0 Å². The van der Waals surface area contributed by atoms with Crippen LogP contribution in [-0.2, 0) is 18.6 Å². The van der Waals surface area contributed by atoms with E-state index in [4.69, 9.17) is 4.74 Å². The van der Waals surface area contributed by atoms with Gasteiger partial charge in [0.25, 0.3) is 5.79 Å². The van der Waals surface area contributed by atoms with Crippen molar-refractivity contribution in [2.45, 2.75) is 83.0 Å². The van der Waals surface area contributed by atoms with E-state index in [-0.39, 0.29) is 12.0 Å². The number of rotatable bonds is 10. The van der Waals surface area contributed by atoms with Gasteiger partial charge in [0.15, 0.2) is 17.2 Å². The zero-order valence-corrected chi connectivity index (χ0v) is 18.2. The average Bonchev–Trinajstić information content (AvgIpc) is 2.74. The maximum atomic E-state index is 11.0. The molecule has 2 unspecified atom stereocenters. The molecule has 0 bridgehead atoms. The van der Waals surface area contributed by atoms with Crippen molar-refractivity contribution < 1.29 is 30.3 Å². The highest BCUT2D eigenvalue weighted by Crippen LogP contribution is 2.43. The second-order valence-corrected chi connectivity index (χ2v) is 8.55. The number of benzene rings is 2. The summed E-state index contributed by atoms with van der Waals surface area (Å²) in [7, 11) is 0. The van der Waals surface area contributed by atoms with Crippen LogP contribution in [0.25, 0.3) is 0 Å². The van der Waals surface area contributed by atoms with Crippen molar-refractivity contribution in [3.05, 3.63) is 47.0 Å². The lowest BCUT2D eigenvalue weighted by molar-refractivity contribution is -0.222. The summed E-state index contributed by atoms with van der Waals surface area (Å²) in [6, 6.07) is 7.97. The Hall–Kier alpha value is -2.44. The Bertz CT molecular complexity index is 857. The van der Waals surface area contributed by atoms with E-state index in [1.165, 1.54) is 44.9 Å². The molecule has 0 saturated carbocycles. The number of hydrogen-bond acceptors (Lipinski definition) is 6. The smallest absolute Gasteiger partial charge is 0.261 e. The van der Waals surface area contributed by atoms with E-state index in [9.17, 15) is 25.5 Å². The molecule has 1 aliphatic heterocycles. The third-order valence-electron chi connectivity index (χ3n) is 6.06. The molecule has 2 aromatic rings. The Morgan fingerprint density at radius 3 is 2.16 bits per heavy atom. The van der Waals surface area contributed by atoms with Crippen molar-refractivity contribution in [1.82, 2.24) is 0 Å². The molecule has 0 saturated heterocycles. The quantitative estimate of drug-likeness (QED) is 0.278. The molecule has 3 rings (SSSR count). The van der Waals surface area contributed by atoms with Crippen molar-refractivity contribution >= 4 is 0 Å². The van der Waals surface area contributed by atoms with Gasteiger partial charge in [0.05, 0.1) is 0 Å². The number of phenolic OH excluding ortho intramolecular Hbond substituents is 3. The molecule has 1 heterocycles. The zero-order valence-electron chi connectivity index (χ0n) is 18.2. The summed E-state index contributed by atoms with van der Waals surface area (Å²) < 4.78 is 5.79. The monoisotopic (exact) mass is 430 g/mol. The van der Waals surface area contributed by atoms with E-state index < -0.39 is 29.1 Å². The molecular weight excluding hydrogens is 396 g/mol. The largest absolute Gasteiger partial charge is 0.504 e. The average molecular weight is 431 g/mol. The molecule has 0 radical (unpaired) electrons. The number of fused-ring (bicyclic) bond motifs is 1. The first-order valence-corrected chi connectivity index (χ1v) is 11.3. The first kappa shape index (κ1) is 23.2. The number of aromatic hydroxyl groups is 3. The topological polar surface area (TPSA) is 110 Å². The van der Waals surface area contributed by atoms with Gasteiger partial charge in [0, 0.05) is 12.0 Å². The summed E-state index contributed by atoms with van der Waals surface area (Å²) in [5.74, 6) is -3.57. The summed E-state index contributed by atoms with van der Waals surface area (Å²) in [6.07, 6.45) is 9.77. The van der Waals surface area contributed by atoms with E-state index in [1.54, 1.807) is 0 Å². The fourth-order valence-corrected chi connectivity index (χ4v) is 4.13. The standard InChI is InChI=1S/C25H34O6/c1-2-3-4-5-6-7-8-9-10-17-11-12-18-14-23(28)25(30,31-22(18)13-17)19-15-20(26)24(29)21(27)16-19/h11-13,15-16,23,26-30H,2-10,14H2,1H3. The van der Waals surface area contributed by atoms with Crippen LogP contribution in [0.5, 0.6) is 23.0 Å². The maximum Gasteiger partial charge on any atom is 0.261 e. The zero-order chi connectivity index (χ0) is 22.4. The van der Waals surface area contributed by atoms with Crippen LogP contribution in [0.2, 0.25) is 0 Å². The van der Waals surface area contributed by atoms with E-state index >= 15 is 0 Å². The molecule has 0 aromatic heterocycles. The van der Waals surface area contributed by atoms with Gasteiger partial charge in [-0.2, -0.15) is 0 Å². The summed E-state index contributed by atoms with van der Waals surface area (Å²) in [5.41, 5.74) is 1.84. The number of aliphatic hydroxyl groups excluding tert-OH is 1. The number of ether oxygens (including phenoxy) is 1. The van der Waals surface area contributed by atoms with Crippen LogP contribution in [-0.4, -0.2) is 31.6 Å². The van der Waals surface area contributed by atoms with E-state index in [1.807, 2.05) is 18.2 Å². The first-order valence-electron chi connectivity index (χ1n) is 11.3. The summed E-state index contributed by atoms with van der Waals surface area (Å²) in [6.45, 7) is 2.22. The summed E-state index contributed by atoms with van der Waals surface area (Å²) >= 11 is 0. The number of phenols is 3. The Morgan fingerprint density at radius 1 is 0.903 bits per heavy atom. The molecule has 6 heteroatoms. The van der Waals surface area contributed by atoms with Gasteiger partial charge in [-0.05, 0) is 42.2 Å². The predicted molar refractivity (Wildman–Crippen MR) is 118 cm³/mol. The molecular formula is C25H34O6. The minimum atomic E-state index is -2.15. The van der Waals surface area contributed by atoms with E-state index in [0.717, 1.165) is 36.1 Å². The lowest BCUT2D eigenvalue weighted by Crippen LogP contribution is -2.48. The third-order valence-corrected chi connectivity index (χ3v) is 6.06. The normalized spacial score (nSPS) is 20.3. The number of aryl methyl sites for hydroxylation is 1. The van der Waals surface area contributed by atoms with E-state index in [2.05, 4.69) is 6.92 Å². The Balaban J connectivity index is 1.64. The number of unbranched alkanes of at least 4 members (excludes halogenated alkanes) is 7. The van der Waals surface area contributed by atoms with Gasteiger partial charge in [-0.1, -0.05) is 64.0 Å². The molecule has 0 fully saturated rings. The molecule has 2 atom stereocenters. The van der Waals surface area contributed by atoms with Crippen LogP contribution in [0.15, 0.2) is 30.3 Å². The van der Waals surface area contributed by atoms with Crippen molar-refractivity contribution in [2.75, 3.05) is 0 Å². The fourth-order valence-electron chi connectivity index (χ4n) is 4.13. The van der Waals surface area contributed by atoms with Gasteiger partial charge >= 0.3 is 0 Å². The fraction of sp³-hybridized carbons (Fsp3) is 0.520. The minimum absolute atomic E-state index is 0.0353. The molecule has 170 valence electrons. The SMILES string of the molecule is CCCCCCCCCCc1ccc2c(c1)OC(O)(c1cc(O)c(O)c(O)c1)C(O)C2. The van der Waals surface area contributed by atoms with Gasteiger partial charge < -0.3 is 30.3 Å². The second-order valence-electron chi connectivity index (χ2n) is 8.55. The molecule has 0 aliphatic carbocycles. The highest BCUT2D eigenvalue weighted by Gasteiger charge is 2.45. The van der Waals surface area contributed by atoms with Crippen molar-refractivity contribution in [1.29, 1.82) is 0 Å². The number of aliphatic hydroxyl groups is 2. The van der Waals surface area contributed by atoms with Gasteiger partial charge in [0.2, 0.25) is 0 Å². The Morgan fingerprint density at radius 2 is 1.52 bits per heavy atom. The first-order chi connectivity index (χ1) is 14.8.